The lowest BCUT2D eigenvalue weighted by atomic mass is 10.6. The van der Waals surface area contributed by atoms with Gasteiger partial charge in [0, 0.05) is 12.7 Å². The van der Waals surface area contributed by atoms with Gasteiger partial charge in [0.15, 0.2) is 0 Å². The predicted molar refractivity (Wildman–Crippen MR) is 29.0 cm³/mol. The number of hydrogen-bond donors (Lipinski definition) is 1. The zero-order valence-corrected chi connectivity index (χ0v) is 4.76. The second-order valence-corrected chi connectivity index (χ2v) is 1.24. The van der Waals surface area contributed by atoms with Gasteiger partial charge in [-0.2, -0.15) is 0 Å². The van der Waals surface area contributed by atoms with Crippen LogP contribution in [0.15, 0.2) is 12.3 Å². The molecule has 0 aliphatic rings. The highest BCUT2D eigenvalue weighted by molar-refractivity contribution is 4.71. The van der Waals surface area contributed by atoms with E-state index >= 15 is 0 Å². The van der Waals surface area contributed by atoms with E-state index in [0.29, 0.717) is 6.54 Å². The van der Waals surface area contributed by atoms with E-state index < -0.39 is 0 Å². The lowest BCUT2D eigenvalue weighted by Crippen LogP contribution is -2.08. The van der Waals surface area contributed by atoms with Gasteiger partial charge in [-0.25, -0.2) is 0 Å². The summed E-state index contributed by atoms with van der Waals surface area (Å²) >= 11 is 0. The van der Waals surface area contributed by atoms with E-state index in [1.165, 1.54) is 0 Å². The minimum Gasteiger partial charge on any atom is -0.289 e. The molecule has 0 heterocycles. The maximum Gasteiger partial charge on any atom is 0.0418 e. The topological polar surface area (TPSA) is 23.5 Å². The van der Waals surface area contributed by atoms with Gasteiger partial charge >= 0.3 is 0 Å². The van der Waals surface area contributed by atoms with Gasteiger partial charge < -0.3 is 0 Å². The number of hydrogen-bond acceptors (Lipinski definition) is 2. The van der Waals surface area contributed by atoms with Gasteiger partial charge in [-0.15, -0.1) is 0 Å². The minimum atomic E-state index is 0.643. The van der Waals surface area contributed by atoms with E-state index in [1.807, 2.05) is 13.8 Å². The summed E-state index contributed by atoms with van der Waals surface area (Å²) < 4.78 is 0. The van der Waals surface area contributed by atoms with Gasteiger partial charge in [0.1, 0.15) is 0 Å². The summed E-state index contributed by atoms with van der Waals surface area (Å²) in [6, 6.07) is 0. The molecule has 0 unspecified atom stereocenters. The first kappa shape index (κ1) is 6.50. The SMILES string of the molecule is C/C=C/N(O)CC. The van der Waals surface area contributed by atoms with E-state index in [-0.39, 0.29) is 0 Å². The Bertz CT molecular complexity index is 61.1. The van der Waals surface area contributed by atoms with Crippen LogP contribution in [0.5, 0.6) is 0 Å². The molecule has 1 N–H and O–H groups in total. The summed E-state index contributed by atoms with van der Waals surface area (Å²) in [5.41, 5.74) is 0. The van der Waals surface area contributed by atoms with E-state index in [0.717, 1.165) is 5.06 Å². The molecular formula is C5H11NO. The van der Waals surface area contributed by atoms with Gasteiger partial charge in [-0.1, -0.05) is 6.08 Å². The quantitative estimate of drug-likeness (QED) is 0.529. The molecule has 0 aromatic heterocycles. The number of allylic oxidation sites excluding steroid dienone is 1. The molecule has 0 aromatic carbocycles. The molecule has 0 spiro atoms. The van der Waals surface area contributed by atoms with Crippen LogP contribution >= 0.6 is 0 Å². The number of rotatable bonds is 2. The van der Waals surface area contributed by atoms with Crippen LogP contribution < -0.4 is 0 Å². The summed E-state index contributed by atoms with van der Waals surface area (Å²) in [5, 5.41) is 9.73. The molecule has 0 bridgehead atoms. The van der Waals surface area contributed by atoms with Crippen LogP contribution in [0.1, 0.15) is 13.8 Å². The zero-order chi connectivity index (χ0) is 5.70. The lowest BCUT2D eigenvalue weighted by Gasteiger charge is -2.04. The van der Waals surface area contributed by atoms with Crippen LogP contribution in [-0.2, 0) is 0 Å². The van der Waals surface area contributed by atoms with Gasteiger partial charge in [0.05, 0.1) is 0 Å². The Kier molecular flexibility index (Phi) is 3.42. The van der Waals surface area contributed by atoms with Crippen molar-refractivity contribution in [2.75, 3.05) is 6.54 Å². The normalized spacial score (nSPS) is 10.1. The zero-order valence-electron chi connectivity index (χ0n) is 4.76. The van der Waals surface area contributed by atoms with E-state index in [1.54, 1.807) is 12.3 Å². The first-order chi connectivity index (χ1) is 3.31. The second-order valence-electron chi connectivity index (χ2n) is 1.24. The Labute approximate surface area is 44.0 Å². The summed E-state index contributed by atoms with van der Waals surface area (Å²) in [4.78, 5) is 0. The average Bonchev–Trinajstić information content (AvgIpc) is 1.68. The Morgan fingerprint density at radius 2 is 2.29 bits per heavy atom. The van der Waals surface area contributed by atoms with Crippen molar-refractivity contribution in [3.8, 4) is 0 Å². The van der Waals surface area contributed by atoms with Crippen LogP contribution in [-0.4, -0.2) is 16.8 Å². The first-order valence-electron chi connectivity index (χ1n) is 2.39. The second kappa shape index (κ2) is 3.68. The summed E-state index contributed by atoms with van der Waals surface area (Å²) in [6.07, 6.45) is 3.39. The highest BCUT2D eigenvalue weighted by atomic mass is 16.5. The van der Waals surface area contributed by atoms with Crippen LogP contribution in [0.4, 0.5) is 0 Å². The highest BCUT2D eigenvalue weighted by Crippen LogP contribution is 1.78. The van der Waals surface area contributed by atoms with Crippen molar-refractivity contribution in [3.05, 3.63) is 12.3 Å². The molecule has 0 aliphatic heterocycles. The van der Waals surface area contributed by atoms with E-state index in [9.17, 15) is 0 Å². The lowest BCUT2D eigenvalue weighted by molar-refractivity contribution is -0.0355. The van der Waals surface area contributed by atoms with Gasteiger partial charge in [-0.3, -0.25) is 10.3 Å². The van der Waals surface area contributed by atoms with Crippen molar-refractivity contribution >= 4 is 0 Å². The third kappa shape index (κ3) is 3.33. The average molecular weight is 101 g/mol. The molecule has 0 amide bonds. The van der Waals surface area contributed by atoms with Gasteiger partial charge in [-0.05, 0) is 13.8 Å². The molecule has 0 aliphatic carbocycles. The fraction of sp³-hybridized carbons (Fsp3) is 0.600. The molecule has 2 nitrogen and oxygen atoms in total. The van der Waals surface area contributed by atoms with Crippen LogP contribution in [0.3, 0.4) is 0 Å². The van der Waals surface area contributed by atoms with Gasteiger partial charge in [0.2, 0.25) is 0 Å². The molecule has 0 saturated heterocycles. The van der Waals surface area contributed by atoms with Crippen molar-refractivity contribution in [1.29, 1.82) is 0 Å². The fourth-order valence-corrected chi connectivity index (χ4v) is 0.277. The third-order valence-corrected chi connectivity index (χ3v) is 0.645. The molecule has 0 saturated carbocycles. The van der Waals surface area contributed by atoms with Crippen LogP contribution in [0.25, 0.3) is 0 Å². The molecule has 0 fully saturated rings. The van der Waals surface area contributed by atoms with E-state index in [4.69, 9.17) is 5.21 Å². The van der Waals surface area contributed by atoms with Crippen LogP contribution in [0, 0.1) is 0 Å². The van der Waals surface area contributed by atoms with Crippen molar-refractivity contribution in [2.24, 2.45) is 0 Å². The summed E-state index contributed by atoms with van der Waals surface area (Å²) in [7, 11) is 0. The molecular weight excluding hydrogens is 90.1 g/mol. The number of hydroxylamine groups is 2. The maximum absolute atomic E-state index is 8.60. The molecule has 0 atom stereocenters. The molecule has 2 heteroatoms. The molecule has 0 radical (unpaired) electrons. The van der Waals surface area contributed by atoms with E-state index in [2.05, 4.69) is 0 Å². The standard InChI is InChI=1S/C5H11NO/c1-3-5-6(7)4-2/h3,5,7H,4H2,1-2H3/b5-3+. The maximum atomic E-state index is 8.60. The monoisotopic (exact) mass is 101 g/mol. The Morgan fingerprint density at radius 3 is 2.43 bits per heavy atom. The number of nitrogens with zero attached hydrogens (tertiary/aromatic N) is 1. The summed E-state index contributed by atoms with van der Waals surface area (Å²) in [5.74, 6) is 0. The van der Waals surface area contributed by atoms with Crippen molar-refractivity contribution in [2.45, 2.75) is 13.8 Å². The van der Waals surface area contributed by atoms with Crippen LogP contribution in [0.2, 0.25) is 0 Å². The minimum absolute atomic E-state index is 0.643. The third-order valence-electron chi connectivity index (χ3n) is 0.645. The fourth-order valence-electron chi connectivity index (χ4n) is 0.277. The van der Waals surface area contributed by atoms with Crippen molar-refractivity contribution in [3.63, 3.8) is 0 Å². The first-order valence-corrected chi connectivity index (χ1v) is 2.39. The molecule has 0 aromatic rings. The smallest absolute Gasteiger partial charge is 0.0418 e. The van der Waals surface area contributed by atoms with Crippen molar-refractivity contribution in [1.82, 2.24) is 5.06 Å². The molecule has 0 rings (SSSR count). The summed E-state index contributed by atoms with van der Waals surface area (Å²) in [6.45, 7) is 4.38. The molecule has 42 valence electrons. The predicted octanol–water partition coefficient (Wildman–Crippen LogP) is 1.23. The van der Waals surface area contributed by atoms with Crippen molar-refractivity contribution < 1.29 is 5.21 Å². The van der Waals surface area contributed by atoms with Gasteiger partial charge in [0.25, 0.3) is 0 Å². The Hall–Kier alpha value is -0.500. The Morgan fingerprint density at radius 1 is 1.71 bits per heavy atom. The highest BCUT2D eigenvalue weighted by Gasteiger charge is 1.79. The Balaban J connectivity index is 3.16. The largest absolute Gasteiger partial charge is 0.289 e. The molecule has 7 heavy (non-hydrogen) atoms.